The first-order valence-corrected chi connectivity index (χ1v) is 6.66. The summed E-state index contributed by atoms with van der Waals surface area (Å²) in [6, 6.07) is 0.627. The van der Waals surface area contributed by atoms with E-state index in [1.807, 2.05) is 31.4 Å². The Morgan fingerprint density at radius 1 is 1.38 bits per heavy atom. The first kappa shape index (κ1) is 13.2. The number of hydrogen-bond acceptors (Lipinski definition) is 4. The van der Waals surface area contributed by atoms with Gasteiger partial charge in [0.25, 0.3) is 0 Å². The molecular formula is C10H21N5S. The average Bonchev–Trinajstić information content (AvgIpc) is 2.14. The third-order valence-corrected chi connectivity index (χ3v) is 2.37. The van der Waals surface area contributed by atoms with Gasteiger partial charge in [-0.15, -0.1) is 11.8 Å². The van der Waals surface area contributed by atoms with E-state index in [0.717, 1.165) is 11.0 Å². The Morgan fingerprint density at radius 3 is 2.56 bits per heavy atom. The van der Waals surface area contributed by atoms with Crippen molar-refractivity contribution in [2.45, 2.75) is 39.8 Å². The van der Waals surface area contributed by atoms with Crippen molar-refractivity contribution in [3.05, 3.63) is 11.2 Å². The van der Waals surface area contributed by atoms with Gasteiger partial charge in [-0.1, -0.05) is 0 Å². The minimum Gasteiger partial charge on any atom is -0.318 e. The summed E-state index contributed by atoms with van der Waals surface area (Å²) >= 11 is 1.65. The standard InChI is InChI=1S/C10H21N5S/c1-7(2)11-10-12-9(16-5)6-15(14-10)13-8(3)4/h6-8,13H,1-5H3,(H2,11,12,14). The van der Waals surface area contributed by atoms with Crippen LogP contribution >= 0.6 is 11.8 Å². The van der Waals surface area contributed by atoms with E-state index in [9.17, 15) is 0 Å². The summed E-state index contributed by atoms with van der Waals surface area (Å²) in [5.74, 6) is 0.773. The second kappa shape index (κ2) is 6.00. The molecular weight excluding hydrogens is 222 g/mol. The first-order valence-electron chi connectivity index (χ1n) is 5.44. The Bertz CT molecular complexity index is 285. The van der Waals surface area contributed by atoms with Crippen LogP contribution in [0.15, 0.2) is 16.2 Å². The molecule has 0 aromatic heterocycles. The van der Waals surface area contributed by atoms with Gasteiger partial charge in [0.05, 0.1) is 11.2 Å². The van der Waals surface area contributed by atoms with Crippen molar-refractivity contribution in [2.24, 2.45) is 4.99 Å². The fraction of sp³-hybridized carbons (Fsp3) is 0.700. The number of aliphatic imine (C=N–C) groups is 1. The van der Waals surface area contributed by atoms with Crippen molar-refractivity contribution in [2.75, 3.05) is 6.26 Å². The van der Waals surface area contributed by atoms with Gasteiger partial charge in [-0.05, 0) is 34.0 Å². The molecule has 0 saturated heterocycles. The van der Waals surface area contributed by atoms with Gasteiger partial charge in [-0.2, -0.15) is 0 Å². The first-order chi connectivity index (χ1) is 7.51. The number of nitrogens with one attached hydrogen (secondary N) is 3. The second-order valence-electron chi connectivity index (χ2n) is 4.16. The largest absolute Gasteiger partial charge is 0.318 e. The van der Waals surface area contributed by atoms with E-state index in [1.54, 1.807) is 11.8 Å². The van der Waals surface area contributed by atoms with Gasteiger partial charge in [0.2, 0.25) is 5.96 Å². The van der Waals surface area contributed by atoms with Crippen LogP contribution in [0.25, 0.3) is 0 Å². The highest BCUT2D eigenvalue weighted by molar-refractivity contribution is 8.02. The molecule has 1 heterocycles. The Kier molecular flexibility index (Phi) is 4.95. The number of nitrogens with zero attached hydrogens (tertiary/aromatic N) is 2. The number of thioether (sulfide) groups is 1. The fourth-order valence-electron chi connectivity index (χ4n) is 1.21. The third-order valence-electron chi connectivity index (χ3n) is 1.72. The van der Waals surface area contributed by atoms with Crippen molar-refractivity contribution in [3.63, 3.8) is 0 Å². The Balaban J connectivity index is 2.72. The quantitative estimate of drug-likeness (QED) is 0.693. The van der Waals surface area contributed by atoms with Gasteiger partial charge in [-0.25, -0.2) is 15.5 Å². The van der Waals surface area contributed by atoms with Crippen molar-refractivity contribution in [1.29, 1.82) is 0 Å². The van der Waals surface area contributed by atoms with Crippen LogP contribution in [0.2, 0.25) is 0 Å². The number of rotatable bonds is 4. The molecule has 0 spiro atoms. The van der Waals surface area contributed by atoms with Gasteiger partial charge >= 0.3 is 0 Å². The highest BCUT2D eigenvalue weighted by Crippen LogP contribution is 2.10. The van der Waals surface area contributed by atoms with Crippen molar-refractivity contribution < 1.29 is 0 Å². The zero-order valence-electron chi connectivity index (χ0n) is 10.5. The van der Waals surface area contributed by atoms with Gasteiger partial charge in [-0.3, -0.25) is 5.43 Å². The maximum absolute atomic E-state index is 4.45. The lowest BCUT2D eigenvalue weighted by Gasteiger charge is -2.31. The van der Waals surface area contributed by atoms with Crippen LogP contribution in [-0.4, -0.2) is 29.4 Å². The zero-order chi connectivity index (χ0) is 12.1. The highest BCUT2D eigenvalue weighted by Gasteiger charge is 2.14. The summed E-state index contributed by atoms with van der Waals surface area (Å²) in [5.41, 5.74) is 6.41. The zero-order valence-corrected chi connectivity index (χ0v) is 11.4. The lowest BCUT2D eigenvalue weighted by atomic mass is 10.4. The Hall–Kier alpha value is -0.880. The van der Waals surface area contributed by atoms with Gasteiger partial charge < -0.3 is 5.32 Å². The SMILES string of the molecule is CSC1=CN(NC(C)C)NC(=NC(C)C)N1. The van der Waals surface area contributed by atoms with Crippen molar-refractivity contribution >= 4 is 17.7 Å². The maximum Gasteiger partial charge on any atom is 0.216 e. The lowest BCUT2D eigenvalue weighted by Crippen LogP contribution is -2.56. The maximum atomic E-state index is 4.45. The minimum atomic E-state index is 0.261. The Labute approximate surface area is 102 Å². The molecule has 0 saturated carbocycles. The number of hydrogen-bond donors (Lipinski definition) is 3. The van der Waals surface area contributed by atoms with E-state index in [4.69, 9.17) is 0 Å². The van der Waals surface area contributed by atoms with E-state index < -0.39 is 0 Å². The molecule has 16 heavy (non-hydrogen) atoms. The van der Waals surface area contributed by atoms with E-state index in [1.165, 1.54) is 0 Å². The van der Waals surface area contributed by atoms with Crippen molar-refractivity contribution in [1.82, 2.24) is 21.3 Å². The van der Waals surface area contributed by atoms with Gasteiger partial charge in [0.1, 0.15) is 0 Å². The topological polar surface area (TPSA) is 51.7 Å². The van der Waals surface area contributed by atoms with Gasteiger partial charge in [0, 0.05) is 12.1 Å². The van der Waals surface area contributed by atoms with E-state index in [0.29, 0.717) is 6.04 Å². The minimum absolute atomic E-state index is 0.261. The molecule has 1 aliphatic heterocycles. The summed E-state index contributed by atoms with van der Waals surface area (Å²) in [4.78, 5) is 4.45. The molecule has 1 rings (SSSR count). The predicted molar refractivity (Wildman–Crippen MR) is 70.6 cm³/mol. The molecule has 0 radical (unpaired) electrons. The van der Waals surface area contributed by atoms with Crippen LogP contribution in [0.4, 0.5) is 0 Å². The molecule has 6 heteroatoms. The lowest BCUT2D eigenvalue weighted by molar-refractivity contribution is 0.198. The third kappa shape index (κ3) is 4.32. The second-order valence-corrected chi connectivity index (χ2v) is 5.01. The summed E-state index contributed by atoms with van der Waals surface area (Å²) in [6.45, 7) is 8.28. The molecule has 0 bridgehead atoms. The van der Waals surface area contributed by atoms with Gasteiger partial charge in [0.15, 0.2) is 0 Å². The van der Waals surface area contributed by atoms with Crippen LogP contribution < -0.4 is 16.2 Å². The fourth-order valence-corrected chi connectivity index (χ4v) is 1.62. The van der Waals surface area contributed by atoms with Crippen LogP contribution in [-0.2, 0) is 0 Å². The molecule has 3 N–H and O–H groups in total. The molecule has 0 aromatic carbocycles. The summed E-state index contributed by atoms with van der Waals surface area (Å²) < 4.78 is 0. The molecule has 0 atom stereocenters. The predicted octanol–water partition coefficient (Wildman–Crippen LogP) is 1.24. The van der Waals surface area contributed by atoms with Crippen LogP contribution in [0.1, 0.15) is 27.7 Å². The van der Waals surface area contributed by atoms with E-state index in [-0.39, 0.29) is 6.04 Å². The molecule has 0 fully saturated rings. The monoisotopic (exact) mass is 243 g/mol. The average molecular weight is 243 g/mol. The molecule has 0 aliphatic carbocycles. The number of guanidine groups is 1. The van der Waals surface area contributed by atoms with Crippen LogP contribution in [0.3, 0.4) is 0 Å². The molecule has 0 unspecified atom stereocenters. The molecule has 0 amide bonds. The summed E-state index contributed by atoms with van der Waals surface area (Å²) in [5, 5.41) is 6.12. The number of hydrazine groups is 2. The summed E-state index contributed by atoms with van der Waals surface area (Å²) in [7, 11) is 0. The highest BCUT2D eigenvalue weighted by atomic mass is 32.2. The van der Waals surface area contributed by atoms with E-state index in [2.05, 4.69) is 35.0 Å². The van der Waals surface area contributed by atoms with E-state index >= 15 is 0 Å². The molecule has 1 aliphatic rings. The smallest absolute Gasteiger partial charge is 0.216 e. The molecule has 92 valence electrons. The van der Waals surface area contributed by atoms with Crippen LogP contribution in [0, 0.1) is 0 Å². The molecule has 5 nitrogen and oxygen atoms in total. The van der Waals surface area contributed by atoms with Crippen LogP contribution in [0.5, 0.6) is 0 Å². The molecule has 0 aromatic rings. The van der Waals surface area contributed by atoms with Crippen molar-refractivity contribution in [3.8, 4) is 0 Å². The Morgan fingerprint density at radius 2 is 2.06 bits per heavy atom. The normalized spacial score (nSPS) is 18.8. The summed E-state index contributed by atoms with van der Waals surface area (Å²) in [6.07, 6.45) is 4.01.